The van der Waals surface area contributed by atoms with Gasteiger partial charge in [0.25, 0.3) is 0 Å². The number of ether oxygens (including phenoxy) is 2. The average molecular weight is 386 g/mol. The highest BCUT2D eigenvalue weighted by Gasteiger charge is 2.29. The lowest BCUT2D eigenvalue weighted by molar-refractivity contribution is -0.145. The van der Waals surface area contributed by atoms with Crippen molar-refractivity contribution in [3.8, 4) is 0 Å². The maximum atomic E-state index is 12.2. The van der Waals surface area contributed by atoms with Crippen LogP contribution in [0.1, 0.15) is 61.3 Å². The smallest absolute Gasteiger partial charge is 0.408 e. The highest BCUT2D eigenvalue weighted by atomic mass is 32.2. The molecule has 0 fully saturated rings. The van der Waals surface area contributed by atoms with Gasteiger partial charge in [0.1, 0.15) is 11.6 Å². The first-order valence-corrected chi connectivity index (χ1v) is 9.98. The van der Waals surface area contributed by atoms with E-state index < -0.39 is 23.7 Å². The number of carbonyl (C=O) groups excluding carboxylic acids is 2. The molecule has 6 heteroatoms. The molecule has 1 unspecified atom stereocenters. The molecule has 0 heterocycles. The van der Waals surface area contributed by atoms with E-state index in [1.807, 2.05) is 6.08 Å². The van der Waals surface area contributed by atoms with Gasteiger partial charge in [-0.3, -0.25) is 0 Å². The van der Waals surface area contributed by atoms with E-state index in [4.69, 9.17) is 9.47 Å². The molecule has 0 aromatic heterocycles. The summed E-state index contributed by atoms with van der Waals surface area (Å²) in [5, 5.41) is 2.63. The molecule has 2 atom stereocenters. The molecule has 1 N–H and O–H groups in total. The molecule has 0 aliphatic heterocycles. The van der Waals surface area contributed by atoms with Crippen molar-refractivity contribution in [1.82, 2.24) is 5.32 Å². The molecule has 0 saturated heterocycles. The minimum Gasteiger partial charge on any atom is -0.464 e. The zero-order chi connectivity index (χ0) is 20.4. The Morgan fingerprint density at radius 3 is 2.31 bits per heavy atom. The second-order valence-corrected chi connectivity index (χ2v) is 9.15. The fourth-order valence-electron chi connectivity index (χ4n) is 2.02. The van der Waals surface area contributed by atoms with Crippen LogP contribution in [0.25, 0.3) is 0 Å². The summed E-state index contributed by atoms with van der Waals surface area (Å²) in [6.45, 7) is 17.5. The van der Waals surface area contributed by atoms with E-state index in [1.54, 1.807) is 39.5 Å². The Labute approximate surface area is 163 Å². The van der Waals surface area contributed by atoms with Crippen molar-refractivity contribution >= 4 is 23.8 Å². The molecule has 0 aromatic rings. The van der Waals surface area contributed by atoms with E-state index in [0.29, 0.717) is 5.75 Å². The normalized spacial score (nSPS) is 14.6. The number of hydrogen-bond donors (Lipinski definition) is 1. The third-order valence-corrected chi connectivity index (χ3v) is 5.00. The van der Waals surface area contributed by atoms with Gasteiger partial charge >= 0.3 is 12.1 Å². The molecule has 0 saturated carbocycles. The number of amides is 1. The summed E-state index contributed by atoms with van der Waals surface area (Å²) in [6.07, 6.45) is 5.28. The van der Waals surface area contributed by atoms with Crippen molar-refractivity contribution < 1.29 is 19.1 Å². The SMILES string of the molecule is C=CC(C)(CCC=C(C)C)SC[C@H](NC(=O)OC(C)(C)C)C(=O)OCC. The van der Waals surface area contributed by atoms with Gasteiger partial charge in [0.05, 0.1) is 6.61 Å². The molecular formula is C20H35NO4S. The average Bonchev–Trinajstić information content (AvgIpc) is 2.49. The van der Waals surface area contributed by atoms with Gasteiger partial charge in [0.2, 0.25) is 0 Å². The molecule has 1 amide bonds. The Morgan fingerprint density at radius 2 is 1.85 bits per heavy atom. The van der Waals surface area contributed by atoms with Gasteiger partial charge in [-0.05, 0) is 61.3 Å². The van der Waals surface area contributed by atoms with Crippen LogP contribution in [0.2, 0.25) is 0 Å². The number of alkyl carbamates (subject to hydrolysis) is 1. The predicted octanol–water partition coefficient (Wildman–Crippen LogP) is 4.87. The maximum Gasteiger partial charge on any atom is 0.408 e. The third kappa shape index (κ3) is 11.2. The Balaban J connectivity index is 4.94. The fourth-order valence-corrected chi connectivity index (χ4v) is 3.16. The lowest BCUT2D eigenvalue weighted by Gasteiger charge is -2.28. The van der Waals surface area contributed by atoms with Crippen LogP contribution in [0.4, 0.5) is 4.79 Å². The quantitative estimate of drug-likeness (QED) is 0.429. The number of allylic oxidation sites excluding steroid dienone is 2. The van der Waals surface area contributed by atoms with Crippen LogP contribution in [0.3, 0.4) is 0 Å². The first-order valence-electron chi connectivity index (χ1n) is 8.99. The molecule has 0 bridgehead atoms. The summed E-state index contributed by atoms with van der Waals surface area (Å²) in [6, 6.07) is -0.766. The van der Waals surface area contributed by atoms with Crippen molar-refractivity contribution in [2.24, 2.45) is 0 Å². The van der Waals surface area contributed by atoms with Gasteiger partial charge in [0, 0.05) is 10.5 Å². The second kappa shape index (κ2) is 11.3. The van der Waals surface area contributed by atoms with Crippen LogP contribution in [-0.4, -0.2) is 40.8 Å². The van der Waals surface area contributed by atoms with Gasteiger partial charge in [-0.1, -0.05) is 17.7 Å². The number of nitrogens with one attached hydrogen (secondary N) is 1. The minimum absolute atomic E-state index is 0.202. The van der Waals surface area contributed by atoms with E-state index in [9.17, 15) is 9.59 Å². The zero-order valence-corrected chi connectivity index (χ0v) is 18.1. The monoisotopic (exact) mass is 385 g/mol. The first-order chi connectivity index (χ1) is 11.9. The van der Waals surface area contributed by atoms with Crippen molar-refractivity contribution in [2.75, 3.05) is 12.4 Å². The van der Waals surface area contributed by atoms with Gasteiger partial charge in [-0.15, -0.1) is 18.3 Å². The van der Waals surface area contributed by atoms with Crippen LogP contribution in [-0.2, 0) is 14.3 Å². The van der Waals surface area contributed by atoms with E-state index in [1.165, 1.54) is 5.57 Å². The van der Waals surface area contributed by atoms with Crippen LogP contribution >= 0.6 is 11.8 Å². The Kier molecular flexibility index (Phi) is 10.7. The highest BCUT2D eigenvalue weighted by molar-refractivity contribution is 8.00. The van der Waals surface area contributed by atoms with Gasteiger partial charge in [-0.25, -0.2) is 9.59 Å². The minimum atomic E-state index is -0.766. The van der Waals surface area contributed by atoms with Crippen molar-refractivity contribution in [3.05, 3.63) is 24.3 Å². The standard InChI is InChI=1S/C20H35NO4S/c1-9-20(8,13-11-12-15(3)4)26-14-16(17(22)24-10-2)21-18(23)25-19(5,6)7/h9,12,16H,1,10-11,13-14H2,2-8H3,(H,21,23)/t16-,20?/m0/s1. The molecule has 0 spiro atoms. The Hall–Kier alpha value is -1.43. The van der Waals surface area contributed by atoms with E-state index in [-0.39, 0.29) is 11.4 Å². The number of rotatable bonds is 10. The summed E-state index contributed by atoms with van der Waals surface area (Å²) in [7, 11) is 0. The molecule has 0 rings (SSSR count). The van der Waals surface area contributed by atoms with E-state index in [0.717, 1.165) is 12.8 Å². The molecular weight excluding hydrogens is 350 g/mol. The van der Waals surface area contributed by atoms with Crippen LogP contribution in [0.15, 0.2) is 24.3 Å². The van der Waals surface area contributed by atoms with E-state index in [2.05, 4.69) is 38.7 Å². The predicted molar refractivity (Wildman–Crippen MR) is 110 cm³/mol. The molecule has 0 aliphatic carbocycles. The van der Waals surface area contributed by atoms with Crippen molar-refractivity contribution in [3.63, 3.8) is 0 Å². The van der Waals surface area contributed by atoms with Gasteiger partial charge < -0.3 is 14.8 Å². The van der Waals surface area contributed by atoms with Crippen LogP contribution in [0, 0.1) is 0 Å². The maximum absolute atomic E-state index is 12.2. The molecule has 0 aliphatic rings. The van der Waals surface area contributed by atoms with E-state index >= 15 is 0 Å². The largest absolute Gasteiger partial charge is 0.464 e. The highest BCUT2D eigenvalue weighted by Crippen LogP contribution is 2.32. The van der Waals surface area contributed by atoms with Crippen LogP contribution < -0.4 is 5.32 Å². The molecule has 26 heavy (non-hydrogen) atoms. The topological polar surface area (TPSA) is 64.6 Å². The number of hydrogen-bond acceptors (Lipinski definition) is 5. The molecule has 5 nitrogen and oxygen atoms in total. The summed E-state index contributed by atoms with van der Waals surface area (Å²) in [5.41, 5.74) is 0.647. The number of carbonyl (C=O) groups is 2. The molecule has 150 valence electrons. The fraction of sp³-hybridized carbons (Fsp3) is 0.700. The Morgan fingerprint density at radius 1 is 1.23 bits per heavy atom. The van der Waals surface area contributed by atoms with Gasteiger partial charge in [0.15, 0.2) is 0 Å². The number of thioether (sulfide) groups is 1. The Bertz CT molecular complexity index is 506. The van der Waals surface area contributed by atoms with Crippen molar-refractivity contribution in [1.29, 1.82) is 0 Å². The lowest BCUT2D eigenvalue weighted by atomic mass is 10.0. The summed E-state index contributed by atoms with van der Waals surface area (Å²) in [5.74, 6) is -0.0725. The van der Waals surface area contributed by atoms with Crippen molar-refractivity contribution in [2.45, 2.75) is 77.7 Å². The third-order valence-electron chi connectivity index (χ3n) is 3.47. The van der Waals surface area contributed by atoms with Gasteiger partial charge in [-0.2, -0.15) is 0 Å². The first kappa shape index (κ1) is 24.6. The zero-order valence-electron chi connectivity index (χ0n) is 17.3. The number of esters is 1. The molecule has 0 aromatic carbocycles. The second-order valence-electron chi connectivity index (χ2n) is 7.60. The summed E-state index contributed by atoms with van der Waals surface area (Å²) >= 11 is 1.58. The van der Waals surface area contributed by atoms with Crippen LogP contribution in [0.5, 0.6) is 0 Å². The summed E-state index contributed by atoms with van der Waals surface area (Å²) < 4.78 is 10.1. The lowest BCUT2D eigenvalue weighted by Crippen LogP contribution is -2.46. The molecule has 0 radical (unpaired) electrons. The summed E-state index contributed by atoms with van der Waals surface area (Å²) in [4.78, 5) is 24.3.